The van der Waals surface area contributed by atoms with Gasteiger partial charge >= 0.3 is 0 Å². The van der Waals surface area contributed by atoms with E-state index in [1.807, 2.05) is 23.9 Å². The molecule has 94 valence electrons. The van der Waals surface area contributed by atoms with Gasteiger partial charge in [0.25, 0.3) is 0 Å². The van der Waals surface area contributed by atoms with Crippen LogP contribution in [0.1, 0.15) is 31.9 Å². The second-order valence-electron chi connectivity index (χ2n) is 4.49. The van der Waals surface area contributed by atoms with Gasteiger partial charge in [-0.05, 0) is 31.0 Å². The molecule has 2 atom stereocenters. The van der Waals surface area contributed by atoms with Gasteiger partial charge < -0.3 is 5.32 Å². The van der Waals surface area contributed by atoms with Gasteiger partial charge in [0.1, 0.15) is 0 Å². The van der Waals surface area contributed by atoms with E-state index in [4.69, 9.17) is 23.2 Å². The Kier molecular flexibility index (Phi) is 4.65. The lowest BCUT2D eigenvalue weighted by atomic mass is 9.95. The van der Waals surface area contributed by atoms with Gasteiger partial charge in [-0.2, -0.15) is 0 Å². The fourth-order valence-corrected chi connectivity index (χ4v) is 4.06. The molecule has 1 aromatic rings. The predicted octanol–water partition coefficient (Wildman–Crippen LogP) is 4.78. The van der Waals surface area contributed by atoms with Crippen LogP contribution >= 0.6 is 35.0 Å². The Morgan fingerprint density at radius 2 is 2.06 bits per heavy atom. The minimum Gasteiger partial charge on any atom is -0.310 e. The lowest BCUT2D eigenvalue weighted by Gasteiger charge is -2.33. The summed E-state index contributed by atoms with van der Waals surface area (Å²) in [5.74, 6) is 1.67. The van der Waals surface area contributed by atoms with E-state index in [0.717, 1.165) is 33.7 Å². The minimum absolute atomic E-state index is 0.331. The van der Waals surface area contributed by atoms with E-state index < -0.39 is 0 Å². The number of rotatable bonds is 3. The molecular weight excluding hydrogens is 273 g/mol. The molecule has 1 N–H and O–H groups in total. The van der Waals surface area contributed by atoms with Gasteiger partial charge in [-0.15, -0.1) is 11.8 Å². The first kappa shape index (κ1) is 13.5. The highest BCUT2D eigenvalue weighted by molar-refractivity contribution is 7.99. The van der Waals surface area contributed by atoms with E-state index >= 15 is 0 Å². The molecule has 2 unspecified atom stereocenters. The number of halogens is 2. The van der Waals surface area contributed by atoms with E-state index in [9.17, 15) is 0 Å². The summed E-state index contributed by atoms with van der Waals surface area (Å²) in [6.45, 7) is 5.46. The molecule has 17 heavy (non-hydrogen) atoms. The first-order valence-electron chi connectivity index (χ1n) is 5.99. The molecule has 0 radical (unpaired) electrons. The van der Waals surface area contributed by atoms with Crippen LogP contribution in [-0.4, -0.2) is 12.3 Å². The zero-order chi connectivity index (χ0) is 12.4. The van der Waals surface area contributed by atoms with Crippen molar-refractivity contribution in [2.24, 2.45) is 5.92 Å². The number of thioether (sulfide) groups is 1. The average molecular weight is 290 g/mol. The fourth-order valence-electron chi connectivity index (χ4n) is 2.18. The number of nitrogens with one attached hydrogen (secondary N) is 1. The van der Waals surface area contributed by atoms with Crippen molar-refractivity contribution in [2.45, 2.75) is 31.2 Å². The normalized spacial score (nSPS) is 23.5. The SMILES string of the molecule is CCCNC1c2c(Cl)ccc(Cl)c2SCC1C. The summed E-state index contributed by atoms with van der Waals surface area (Å²) in [6.07, 6.45) is 1.13. The van der Waals surface area contributed by atoms with E-state index in [-0.39, 0.29) is 0 Å². The van der Waals surface area contributed by atoms with Crippen molar-refractivity contribution in [1.29, 1.82) is 0 Å². The van der Waals surface area contributed by atoms with E-state index in [0.29, 0.717) is 12.0 Å². The van der Waals surface area contributed by atoms with E-state index in [2.05, 4.69) is 19.2 Å². The fraction of sp³-hybridized carbons (Fsp3) is 0.538. The van der Waals surface area contributed by atoms with E-state index in [1.54, 1.807) is 0 Å². The first-order valence-corrected chi connectivity index (χ1v) is 7.73. The Balaban J connectivity index is 2.39. The quantitative estimate of drug-likeness (QED) is 0.860. The largest absolute Gasteiger partial charge is 0.310 e. The summed E-state index contributed by atoms with van der Waals surface area (Å²) < 4.78 is 0. The third-order valence-corrected chi connectivity index (χ3v) is 5.26. The molecule has 2 rings (SSSR count). The minimum atomic E-state index is 0.331. The highest BCUT2D eigenvalue weighted by Gasteiger charge is 2.29. The molecule has 1 aliphatic rings. The maximum Gasteiger partial charge on any atom is 0.0546 e. The van der Waals surface area contributed by atoms with Gasteiger partial charge in [-0.25, -0.2) is 0 Å². The Morgan fingerprint density at radius 3 is 2.76 bits per heavy atom. The van der Waals surface area contributed by atoms with Crippen molar-refractivity contribution in [1.82, 2.24) is 5.32 Å². The molecule has 1 aliphatic heterocycles. The van der Waals surface area contributed by atoms with Crippen LogP contribution in [0.3, 0.4) is 0 Å². The molecule has 0 saturated heterocycles. The maximum absolute atomic E-state index is 6.34. The lowest BCUT2D eigenvalue weighted by molar-refractivity contribution is 0.407. The summed E-state index contributed by atoms with van der Waals surface area (Å²) in [5, 5.41) is 5.24. The number of fused-ring (bicyclic) bond motifs is 1. The molecule has 0 saturated carbocycles. The Bertz CT molecular complexity index is 409. The van der Waals surface area contributed by atoms with Crippen LogP contribution in [0.4, 0.5) is 0 Å². The third-order valence-electron chi connectivity index (χ3n) is 3.08. The number of benzene rings is 1. The molecule has 0 aliphatic carbocycles. The van der Waals surface area contributed by atoms with Crippen LogP contribution in [0.15, 0.2) is 17.0 Å². The molecule has 0 spiro atoms. The molecule has 0 fully saturated rings. The van der Waals surface area contributed by atoms with Crippen molar-refractivity contribution in [2.75, 3.05) is 12.3 Å². The Hall–Kier alpha value is 0.110. The van der Waals surface area contributed by atoms with Crippen LogP contribution in [0, 0.1) is 5.92 Å². The topological polar surface area (TPSA) is 12.0 Å². The molecule has 0 bridgehead atoms. The summed E-state index contributed by atoms with van der Waals surface area (Å²) in [5.41, 5.74) is 1.19. The van der Waals surface area contributed by atoms with Gasteiger partial charge in [-0.3, -0.25) is 0 Å². The van der Waals surface area contributed by atoms with Crippen molar-refractivity contribution < 1.29 is 0 Å². The zero-order valence-electron chi connectivity index (χ0n) is 10.1. The predicted molar refractivity (Wildman–Crippen MR) is 77.4 cm³/mol. The summed E-state index contributed by atoms with van der Waals surface area (Å²) in [6, 6.07) is 4.13. The number of hydrogen-bond acceptors (Lipinski definition) is 2. The highest BCUT2D eigenvalue weighted by Crippen LogP contribution is 2.46. The van der Waals surface area contributed by atoms with Crippen LogP contribution in [0.5, 0.6) is 0 Å². The third kappa shape index (κ3) is 2.76. The summed E-state index contributed by atoms with van der Waals surface area (Å²) in [4.78, 5) is 1.16. The van der Waals surface area contributed by atoms with Crippen molar-refractivity contribution in [3.8, 4) is 0 Å². The summed E-state index contributed by atoms with van der Waals surface area (Å²) in [7, 11) is 0. The second-order valence-corrected chi connectivity index (χ2v) is 6.34. The lowest BCUT2D eigenvalue weighted by Crippen LogP contribution is -2.31. The molecule has 1 heterocycles. The van der Waals surface area contributed by atoms with Crippen molar-refractivity contribution >= 4 is 35.0 Å². The molecule has 1 nitrogen and oxygen atoms in total. The van der Waals surface area contributed by atoms with Gasteiger partial charge in [0.2, 0.25) is 0 Å². The summed E-state index contributed by atoms with van der Waals surface area (Å²) >= 11 is 14.4. The second kappa shape index (κ2) is 5.83. The van der Waals surface area contributed by atoms with E-state index in [1.165, 1.54) is 5.56 Å². The van der Waals surface area contributed by atoms with Crippen molar-refractivity contribution in [3.05, 3.63) is 27.7 Å². The van der Waals surface area contributed by atoms with Crippen molar-refractivity contribution in [3.63, 3.8) is 0 Å². The Labute approximate surface area is 117 Å². The number of hydrogen-bond donors (Lipinski definition) is 1. The molecule has 1 aromatic carbocycles. The Morgan fingerprint density at radius 1 is 1.35 bits per heavy atom. The standard InChI is InChI=1S/C13H17Cl2NS/c1-3-6-16-12-8(2)7-17-13-10(15)5-4-9(14)11(12)13/h4-5,8,12,16H,3,6-7H2,1-2H3. The van der Waals surface area contributed by atoms with Gasteiger partial charge in [0.05, 0.1) is 5.02 Å². The molecule has 0 amide bonds. The van der Waals surface area contributed by atoms with Gasteiger partial charge in [0.15, 0.2) is 0 Å². The molecular formula is C13H17Cl2NS. The van der Waals surface area contributed by atoms with Crippen LogP contribution in [0.25, 0.3) is 0 Å². The zero-order valence-corrected chi connectivity index (χ0v) is 12.4. The van der Waals surface area contributed by atoms with Crippen LogP contribution < -0.4 is 5.32 Å². The maximum atomic E-state index is 6.34. The average Bonchev–Trinajstić information content (AvgIpc) is 2.32. The molecule has 4 heteroatoms. The van der Waals surface area contributed by atoms with Crippen LogP contribution in [0.2, 0.25) is 10.0 Å². The highest BCUT2D eigenvalue weighted by atomic mass is 35.5. The smallest absolute Gasteiger partial charge is 0.0546 e. The first-order chi connectivity index (χ1) is 8.15. The van der Waals surface area contributed by atoms with Gasteiger partial charge in [-0.1, -0.05) is 37.0 Å². The monoisotopic (exact) mass is 289 g/mol. The van der Waals surface area contributed by atoms with Crippen LogP contribution in [-0.2, 0) is 0 Å². The molecule has 0 aromatic heterocycles. The van der Waals surface area contributed by atoms with Gasteiger partial charge in [0, 0.05) is 27.3 Å².